The van der Waals surface area contributed by atoms with Gasteiger partial charge in [0.25, 0.3) is 5.91 Å². The second-order valence-electron chi connectivity index (χ2n) is 10.0. The zero-order valence-electron chi connectivity index (χ0n) is 22.6. The topological polar surface area (TPSA) is 106 Å². The van der Waals surface area contributed by atoms with Crippen LogP contribution in [0.15, 0.2) is 72.8 Å². The maximum absolute atomic E-state index is 13.5. The lowest BCUT2D eigenvalue weighted by molar-refractivity contribution is -0.126. The third kappa shape index (κ3) is 6.10. The predicted molar refractivity (Wildman–Crippen MR) is 149 cm³/mol. The molecule has 3 atom stereocenters. The fourth-order valence-corrected chi connectivity index (χ4v) is 5.01. The minimum absolute atomic E-state index is 0.0305. The maximum atomic E-state index is 13.5. The first kappa shape index (κ1) is 27.2. The van der Waals surface area contributed by atoms with Crippen LogP contribution in [0.2, 0.25) is 0 Å². The average Bonchev–Trinajstić information content (AvgIpc) is 3.61. The molecule has 3 aromatic carbocycles. The Morgan fingerprint density at radius 2 is 1.77 bits per heavy atom. The number of rotatable bonds is 9. The van der Waals surface area contributed by atoms with Crippen LogP contribution < -0.4 is 15.4 Å². The number of nitrogens with one attached hydrogen (secondary N) is 2. The van der Waals surface area contributed by atoms with E-state index in [9.17, 15) is 14.4 Å². The molecule has 9 nitrogen and oxygen atoms in total. The van der Waals surface area contributed by atoms with Crippen molar-refractivity contribution >= 4 is 23.6 Å². The number of anilines is 1. The summed E-state index contributed by atoms with van der Waals surface area (Å²) in [6.07, 6.45) is 0.446. The standard InChI is InChI=1S/C31H33N3O6/c1-20-9-11-21(12-10-20)19-34-27(30(36)32-18-24-6-5-17-39-24)28(40-31(34)37)22-13-15-23(16-14-22)33-29(35)25-7-3-4-8-26(25)38-2/h3-4,7-16,24,27-28H,5-6,17-19H2,1-2H3,(H,32,36)(H,33,35)/t24-,27-,28-/m0/s1. The Labute approximate surface area is 233 Å². The summed E-state index contributed by atoms with van der Waals surface area (Å²) < 4.78 is 16.7. The van der Waals surface area contributed by atoms with Crippen molar-refractivity contribution in [3.63, 3.8) is 0 Å². The first-order chi connectivity index (χ1) is 19.4. The molecule has 0 unspecified atom stereocenters. The largest absolute Gasteiger partial charge is 0.496 e. The highest BCUT2D eigenvalue weighted by Crippen LogP contribution is 2.35. The zero-order chi connectivity index (χ0) is 28.1. The number of methoxy groups -OCH3 is 1. The number of hydrogen-bond acceptors (Lipinski definition) is 6. The van der Waals surface area contributed by atoms with Crippen LogP contribution in [0.1, 0.15) is 46.0 Å². The van der Waals surface area contributed by atoms with E-state index in [1.54, 1.807) is 48.5 Å². The van der Waals surface area contributed by atoms with Gasteiger partial charge in [-0.15, -0.1) is 0 Å². The van der Waals surface area contributed by atoms with Crippen LogP contribution in [0.25, 0.3) is 0 Å². The van der Waals surface area contributed by atoms with Crippen LogP contribution in [-0.4, -0.2) is 55.2 Å². The van der Waals surface area contributed by atoms with Crippen LogP contribution in [0.4, 0.5) is 10.5 Å². The molecule has 0 radical (unpaired) electrons. The van der Waals surface area contributed by atoms with Gasteiger partial charge in [0.15, 0.2) is 12.1 Å². The van der Waals surface area contributed by atoms with Crippen molar-refractivity contribution in [2.45, 2.75) is 44.6 Å². The van der Waals surface area contributed by atoms with Crippen molar-refractivity contribution in [2.24, 2.45) is 0 Å². The van der Waals surface area contributed by atoms with Gasteiger partial charge in [-0.2, -0.15) is 0 Å². The van der Waals surface area contributed by atoms with E-state index in [1.165, 1.54) is 12.0 Å². The Balaban J connectivity index is 1.34. The van der Waals surface area contributed by atoms with Gasteiger partial charge in [-0.05, 0) is 55.2 Å². The Bertz CT molecular complexity index is 1350. The fraction of sp³-hybridized carbons (Fsp3) is 0.323. The van der Waals surface area contributed by atoms with E-state index in [-0.39, 0.29) is 24.5 Å². The number of para-hydroxylation sites is 1. The summed E-state index contributed by atoms with van der Waals surface area (Å²) in [5.41, 5.74) is 3.62. The van der Waals surface area contributed by atoms with Crippen LogP contribution in [0.5, 0.6) is 5.75 Å². The molecule has 2 N–H and O–H groups in total. The van der Waals surface area contributed by atoms with Gasteiger partial charge in [-0.3, -0.25) is 14.5 Å². The molecule has 2 saturated heterocycles. The molecule has 3 amide bonds. The first-order valence-corrected chi connectivity index (χ1v) is 13.4. The van der Waals surface area contributed by atoms with Gasteiger partial charge in [0.1, 0.15) is 5.75 Å². The van der Waals surface area contributed by atoms with Crippen molar-refractivity contribution in [1.82, 2.24) is 10.2 Å². The number of hydrogen-bond donors (Lipinski definition) is 2. The Morgan fingerprint density at radius 1 is 1.02 bits per heavy atom. The number of aryl methyl sites for hydroxylation is 1. The molecule has 2 fully saturated rings. The number of carbonyl (C=O) groups excluding carboxylic acids is 3. The number of cyclic esters (lactones) is 1. The number of nitrogens with zero attached hydrogens (tertiary/aromatic N) is 1. The van der Waals surface area contributed by atoms with Gasteiger partial charge in [-0.1, -0.05) is 54.1 Å². The fourth-order valence-electron chi connectivity index (χ4n) is 5.01. The monoisotopic (exact) mass is 543 g/mol. The summed E-state index contributed by atoms with van der Waals surface area (Å²) in [7, 11) is 1.51. The summed E-state index contributed by atoms with van der Waals surface area (Å²) in [4.78, 5) is 40.8. The molecule has 5 rings (SSSR count). The molecule has 0 aromatic heterocycles. The molecule has 0 bridgehead atoms. The molecule has 9 heteroatoms. The van der Waals surface area contributed by atoms with Gasteiger partial charge in [0.2, 0.25) is 5.91 Å². The molecular weight excluding hydrogens is 510 g/mol. The van der Waals surface area contributed by atoms with E-state index >= 15 is 0 Å². The summed E-state index contributed by atoms with van der Waals surface area (Å²) in [6, 6.07) is 20.9. The van der Waals surface area contributed by atoms with Crippen LogP contribution in [0, 0.1) is 6.92 Å². The molecule has 208 valence electrons. The van der Waals surface area contributed by atoms with Crippen molar-refractivity contribution < 1.29 is 28.6 Å². The SMILES string of the molecule is COc1ccccc1C(=O)Nc1ccc([C@@H]2OC(=O)N(Cc3ccc(C)cc3)[C@@H]2C(=O)NC[C@@H]2CCCO2)cc1. The minimum Gasteiger partial charge on any atom is -0.496 e. The van der Waals surface area contributed by atoms with Crippen molar-refractivity contribution in [3.05, 3.63) is 95.1 Å². The number of benzene rings is 3. The van der Waals surface area contributed by atoms with E-state index in [0.717, 1.165) is 24.0 Å². The zero-order valence-corrected chi connectivity index (χ0v) is 22.6. The van der Waals surface area contributed by atoms with Crippen LogP contribution >= 0.6 is 0 Å². The number of amides is 3. The predicted octanol–water partition coefficient (Wildman–Crippen LogP) is 4.61. The lowest BCUT2D eigenvalue weighted by Crippen LogP contribution is -2.47. The highest BCUT2D eigenvalue weighted by atomic mass is 16.6. The summed E-state index contributed by atoms with van der Waals surface area (Å²) in [5.74, 6) is -0.139. The van der Waals surface area contributed by atoms with E-state index in [1.807, 2.05) is 31.2 Å². The highest BCUT2D eigenvalue weighted by molar-refractivity contribution is 6.06. The molecule has 2 aliphatic rings. The Hall–Kier alpha value is -4.37. The summed E-state index contributed by atoms with van der Waals surface area (Å²) >= 11 is 0. The van der Waals surface area contributed by atoms with Crippen LogP contribution in [-0.2, 0) is 20.8 Å². The molecule has 0 saturated carbocycles. The lowest BCUT2D eigenvalue weighted by atomic mass is 10.00. The Kier molecular flexibility index (Phi) is 8.31. The normalized spacial score (nSPS) is 20.2. The first-order valence-electron chi connectivity index (χ1n) is 13.4. The van der Waals surface area contributed by atoms with Crippen molar-refractivity contribution in [2.75, 3.05) is 25.6 Å². The van der Waals surface area contributed by atoms with Crippen molar-refractivity contribution in [3.8, 4) is 5.75 Å². The summed E-state index contributed by atoms with van der Waals surface area (Å²) in [5, 5.41) is 5.83. The summed E-state index contributed by atoms with van der Waals surface area (Å²) in [6.45, 7) is 3.30. The highest BCUT2D eigenvalue weighted by Gasteiger charge is 2.47. The van der Waals surface area contributed by atoms with E-state index < -0.39 is 18.2 Å². The van der Waals surface area contributed by atoms with Gasteiger partial charge in [0, 0.05) is 18.8 Å². The lowest BCUT2D eigenvalue weighted by Gasteiger charge is -2.25. The molecule has 0 aliphatic carbocycles. The third-order valence-corrected chi connectivity index (χ3v) is 7.20. The third-order valence-electron chi connectivity index (χ3n) is 7.20. The van der Waals surface area contributed by atoms with Gasteiger partial charge >= 0.3 is 6.09 Å². The number of ether oxygens (including phenoxy) is 3. The minimum atomic E-state index is -0.871. The second-order valence-corrected chi connectivity index (χ2v) is 10.0. The van der Waals surface area contributed by atoms with E-state index in [0.29, 0.717) is 35.7 Å². The van der Waals surface area contributed by atoms with Crippen molar-refractivity contribution in [1.29, 1.82) is 0 Å². The molecular formula is C31H33N3O6. The molecule has 40 heavy (non-hydrogen) atoms. The van der Waals surface area contributed by atoms with Crippen LogP contribution in [0.3, 0.4) is 0 Å². The number of carbonyl (C=O) groups is 3. The maximum Gasteiger partial charge on any atom is 0.411 e. The molecule has 3 aromatic rings. The average molecular weight is 544 g/mol. The molecule has 2 heterocycles. The van der Waals surface area contributed by atoms with E-state index in [2.05, 4.69) is 10.6 Å². The van der Waals surface area contributed by atoms with Gasteiger partial charge in [0.05, 0.1) is 25.3 Å². The molecule has 0 spiro atoms. The van der Waals surface area contributed by atoms with Gasteiger partial charge in [-0.25, -0.2) is 4.79 Å². The van der Waals surface area contributed by atoms with Gasteiger partial charge < -0.3 is 24.8 Å². The smallest absolute Gasteiger partial charge is 0.411 e. The quantitative estimate of drug-likeness (QED) is 0.408. The Morgan fingerprint density at radius 3 is 2.48 bits per heavy atom. The molecule has 2 aliphatic heterocycles. The second kappa shape index (κ2) is 12.2. The van der Waals surface area contributed by atoms with E-state index in [4.69, 9.17) is 14.2 Å².